The van der Waals surface area contributed by atoms with Crippen LogP contribution in [0.25, 0.3) is 0 Å². The molecule has 0 radical (unpaired) electrons. The highest BCUT2D eigenvalue weighted by Crippen LogP contribution is 2.15. The Hall–Kier alpha value is -1.01. The smallest absolute Gasteiger partial charge is 0.208 e. The summed E-state index contributed by atoms with van der Waals surface area (Å²) in [7, 11) is 0. The molecule has 15 heavy (non-hydrogen) atoms. The van der Waals surface area contributed by atoms with E-state index in [1.54, 1.807) is 11.0 Å². The monoisotopic (exact) mass is 226 g/mol. The molecule has 1 fully saturated rings. The summed E-state index contributed by atoms with van der Waals surface area (Å²) in [6.07, 6.45) is 5.32. The molecule has 1 aliphatic rings. The summed E-state index contributed by atoms with van der Waals surface area (Å²) in [5, 5.41) is 4.15. The van der Waals surface area contributed by atoms with E-state index in [0.29, 0.717) is 11.9 Å². The number of hydrogen-bond acceptors (Lipinski definition) is 4. The largest absolute Gasteiger partial charge is 0.387 e. The van der Waals surface area contributed by atoms with Gasteiger partial charge in [0.15, 0.2) is 0 Å². The third-order valence-corrected chi connectivity index (χ3v) is 2.64. The van der Waals surface area contributed by atoms with Gasteiger partial charge in [0, 0.05) is 13.2 Å². The summed E-state index contributed by atoms with van der Waals surface area (Å²) >= 11 is 4.78. The molecule has 0 bridgehead atoms. The van der Waals surface area contributed by atoms with Gasteiger partial charge in [0.25, 0.3) is 0 Å². The Kier molecular flexibility index (Phi) is 3.27. The Balaban J connectivity index is 1.84. The number of nitrogens with zero attached hydrogens (tertiary/aromatic N) is 3. The first-order chi connectivity index (χ1) is 7.25. The van der Waals surface area contributed by atoms with Crippen molar-refractivity contribution in [3.05, 3.63) is 12.2 Å². The maximum absolute atomic E-state index is 5.52. The van der Waals surface area contributed by atoms with Crippen molar-refractivity contribution >= 4 is 17.2 Å². The molecular weight excluding hydrogens is 212 g/mol. The topological polar surface area (TPSA) is 66.0 Å². The van der Waals surface area contributed by atoms with Gasteiger partial charge < -0.3 is 10.5 Å². The van der Waals surface area contributed by atoms with E-state index in [1.165, 1.54) is 6.42 Å². The second-order valence-corrected chi connectivity index (χ2v) is 4.06. The molecule has 0 saturated carbocycles. The third kappa shape index (κ3) is 2.73. The van der Waals surface area contributed by atoms with E-state index in [-0.39, 0.29) is 4.99 Å². The Morgan fingerprint density at radius 2 is 2.60 bits per heavy atom. The van der Waals surface area contributed by atoms with Crippen LogP contribution >= 0.6 is 12.2 Å². The zero-order valence-corrected chi connectivity index (χ0v) is 9.24. The molecule has 0 amide bonds. The fourth-order valence-electron chi connectivity index (χ4n) is 1.66. The van der Waals surface area contributed by atoms with Crippen molar-refractivity contribution < 1.29 is 4.74 Å². The Morgan fingerprint density at radius 1 is 1.73 bits per heavy atom. The first-order valence-electron chi connectivity index (χ1n) is 5.06. The summed E-state index contributed by atoms with van der Waals surface area (Å²) in [6, 6.07) is 0. The Morgan fingerprint density at radius 3 is 3.20 bits per heavy atom. The highest BCUT2D eigenvalue weighted by molar-refractivity contribution is 7.80. The summed E-state index contributed by atoms with van der Waals surface area (Å²) in [5.41, 5.74) is 5.41. The van der Waals surface area contributed by atoms with Crippen molar-refractivity contribution in [2.24, 2.45) is 5.73 Å². The standard InChI is InChI=1S/C9H14N4OS/c10-8(15)9-11-6-13(12-9)4-3-7-2-1-5-14-7/h6-7H,1-5H2,(H2,10,15). The molecule has 2 rings (SSSR count). The first-order valence-corrected chi connectivity index (χ1v) is 5.47. The van der Waals surface area contributed by atoms with Crippen molar-refractivity contribution in [3.63, 3.8) is 0 Å². The van der Waals surface area contributed by atoms with Crippen LogP contribution in [0.3, 0.4) is 0 Å². The van der Waals surface area contributed by atoms with Gasteiger partial charge in [0.1, 0.15) is 11.3 Å². The van der Waals surface area contributed by atoms with Gasteiger partial charge in [-0.3, -0.25) is 4.68 Å². The van der Waals surface area contributed by atoms with Crippen molar-refractivity contribution in [1.29, 1.82) is 0 Å². The van der Waals surface area contributed by atoms with Crippen LogP contribution in [0, 0.1) is 0 Å². The van der Waals surface area contributed by atoms with Gasteiger partial charge in [-0.25, -0.2) is 4.98 Å². The lowest BCUT2D eigenvalue weighted by Crippen LogP contribution is -2.13. The summed E-state index contributed by atoms with van der Waals surface area (Å²) in [5.74, 6) is 0.442. The molecule has 82 valence electrons. The van der Waals surface area contributed by atoms with Crippen LogP contribution in [0.15, 0.2) is 6.33 Å². The van der Waals surface area contributed by atoms with Gasteiger partial charge in [-0.15, -0.1) is 5.10 Å². The average Bonchev–Trinajstić information content (AvgIpc) is 2.86. The lowest BCUT2D eigenvalue weighted by Gasteiger charge is -2.07. The van der Waals surface area contributed by atoms with Crippen LogP contribution in [0.4, 0.5) is 0 Å². The van der Waals surface area contributed by atoms with E-state index in [9.17, 15) is 0 Å². The number of hydrogen-bond donors (Lipinski definition) is 1. The number of nitrogens with two attached hydrogens (primary N) is 1. The molecule has 1 unspecified atom stereocenters. The zero-order chi connectivity index (χ0) is 10.7. The van der Waals surface area contributed by atoms with Crippen molar-refractivity contribution in [2.75, 3.05) is 6.61 Å². The molecule has 1 saturated heterocycles. The Bertz CT molecular complexity index is 346. The van der Waals surface area contributed by atoms with Gasteiger partial charge in [-0.1, -0.05) is 12.2 Å². The maximum Gasteiger partial charge on any atom is 0.208 e. The molecule has 5 nitrogen and oxygen atoms in total. The van der Waals surface area contributed by atoms with Gasteiger partial charge >= 0.3 is 0 Å². The second kappa shape index (κ2) is 4.67. The molecule has 0 aliphatic carbocycles. The highest BCUT2D eigenvalue weighted by atomic mass is 32.1. The van der Waals surface area contributed by atoms with E-state index in [2.05, 4.69) is 10.1 Å². The van der Waals surface area contributed by atoms with Crippen LogP contribution in [0.1, 0.15) is 25.1 Å². The second-order valence-electron chi connectivity index (χ2n) is 3.62. The van der Waals surface area contributed by atoms with Crippen molar-refractivity contribution in [3.8, 4) is 0 Å². The first kappa shape index (κ1) is 10.5. The molecule has 0 aromatic carbocycles. The molecule has 2 heterocycles. The number of thiocarbonyl (C=S) groups is 1. The molecule has 0 spiro atoms. The average molecular weight is 226 g/mol. The fraction of sp³-hybridized carbons (Fsp3) is 0.667. The predicted molar refractivity (Wildman–Crippen MR) is 59.5 cm³/mol. The normalized spacial score (nSPS) is 20.7. The molecule has 1 aromatic rings. The van der Waals surface area contributed by atoms with Crippen LogP contribution in [0.5, 0.6) is 0 Å². The molecular formula is C9H14N4OS. The van der Waals surface area contributed by atoms with Crippen LogP contribution in [-0.2, 0) is 11.3 Å². The van der Waals surface area contributed by atoms with E-state index in [1.807, 2.05) is 0 Å². The molecule has 1 aromatic heterocycles. The number of aryl methyl sites for hydroxylation is 1. The van der Waals surface area contributed by atoms with E-state index in [4.69, 9.17) is 22.7 Å². The van der Waals surface area contributed by atoms with Gasteiger partial charge in [-0.2, -0.15) is 0 Å². The van der Waals surface area contributed by atoms with Gasteiger partial charge in [0.05, 0.1) is 6.10 Å². The van der Waals surface area contributed by atoms with Gasteiger partial charge in [-0.05, 0) is 19.3 Å². The summed E-state index contributed by atoms with van der Waals surface area (Å²) < 4.78 is 7.28. The maximum atomic E-state index is 5.52. The van der Waals surface area contributed by atoms with E-state index in [0.717, 1.165) is 26.0 Å². The van der Waals surface area contributed by atoms with Crippen LogP contribution < -0.4 is 5.73 Å². The molecule has 1 atom stereocenters. The van der Waals surface area contributed by atoms with Crippen molar-refractivity contribution in [1.82, 2.24) is 14.8 Å². The fourth-order valence-corrected chi connectivity index (χ4v) is 1.76. The lowest BCUT2D eigenvalue weighted by atomic mass is 10.2. The molecule has 2 N–H and O–H groups in total. The highest BCUT2D eigenvalue weighted by Gasteiger charge is 2.15. The SMILES string of the molecule is NC(=S)c1ncn(CCC2CCCO2)n1. The predicted octanol–water partition coefficient (Wildman–Crippen LogP) is 0.481. The zero-order valence-electron chi connectivity index (χ0n) is 8.43. The number of ether oxygens (including phenoxy) is 1. The van der Waals surface area contributed by atoms with Crippen molar-refractivity contribution in [2.45, 2.75) is 31.9 Å². The minimum atomic E-state index is 0.242. The van der Waals surface area contributed by atoms with E-state index < -0.39 is 0 Å². The molecule has 6 heteroatoms. The number of rotatable bonds is 4. The Labute approximate surface area is 93.6 Å². The summed E-state index contributed by atoms with van der Waals surface area (Å²) in [6.45, 7) is 1.69. The van der Waals surface area contributed by atoms with E-state index >= 15 is 0 Å². The van der Waals surface area contributed by atoms with Gasteiger partial charge in [0.2, 0.25) is 5.82 Å². The van der Waals surface area contributed by atoms with Crippen LogP contribution in [0.2, 0.25) is 0 Å². The lowest BCUT2D eigenvalue weighted by molar-refractivity contribution is 0.0994. The third-order valence-electron chi connectivity index (χ3n) is 2.46. The minimum Gasteiger partial charge on any atom is -0.387 e. The summed E-state index contributed by atoms with van der Waals surface area (Å²) in [4.78, 5) is 4.25. The minimum absolute atomic E-state index is 0.242. The quantitative estimate of drug-likeness (QED) is 0.756. The molecule has 1 aliphatic heterocycles. The van der Waals surface area contributed by atoms with Crippen LogP contribution in [-0.4, -0.2) is 32.5 Å². The number of aromatic nitrogens is 3.